The Morgan fingerprint density at radius 3 is 3.05 bits per heavy atom. The number of nitrogens with zero attached hydrogens (tertiary/aromatic N) is 4. The number of rotatable bonds is 4. The highest BCUT2D eigenvalue weighted by atomic mass is 79.9. The smallest absolute Gasteiger partial charge is 0.330 e. The summed E-state index contributed by atoms with van der Waals surface area (Å²) in [6, 6.07) is -0.570. The number of halogens is 1. The van der Waals surface area contributed by atoms with E-state index in [0.717, 1.165) is 0 Å². The molecule has 1 saturated heterocycles. The molecule has 2 heterocycles. The van der Waals surface area contributed by atoms with Crippen LogP contribution >= 0.6 is 15.9 Å². The van der Waals surface area contributed by atoms with Crippen LogP contribution in [0.4, 0.5) is 0 Å². The fourth-order valence-corrected chi connectivity index (χ4v) is 2.42. The lowest BCUT2D eigenvalue weighted by molar-refractivity contribution is -0.0271. The molecular weight excluding hydrogens is 346 g/mol. The van der Waals surface area contributed by atoms with Crippen LogP contribution in [-0.4, -0.2) is 33.4 Å². The summed E-state index contributed by atoms with van der Waals surface area (Å²) in [4.78, 5) is 29.8. The average molecular weight is 358 g/mol. The third-order valence-electron chi connectivity index (χ3n) is 3.13. The number of azide groups is 1. The first-order valence-corrected chi connectivity index (χ1v) is 6.95. The zero-order chi connectivity index (χ0) is 15.4. The van der Waals surface area contributed by atoms with Gasteiger partial charge in [0.15, 0.2) is 0 Å². The fourth-order valence-electron chi connectivity index (χ4n) is 2.14. The first-order valence-electron chi connectivity index (χ1n) is 6.03. The van der Waals surface area contributed by atoms with Gasteiger partial charge in [-0.1, -0.05) is 21.0 Å². The van der Waals surface area contributed by atoms with Crippen LogP contribution in [0.3, 0.4) is 0 Å². The lowest BCUT2D eigenvalue weighted by atomic mass is 10.1. The Balaban J connectivity index is 2.39. The van der Waals surface area contributed by atoms with Gasteiger partial charge in [-0.15, -0.1) is 0 Å². The van der Waals surface area contributed by atoms with Gasteiger partial charge in [0.2, 0.25) is 0 Å². The van der Waals surface area contributed by atoms with E-state index in [1.54, 1.807) is 0 Å². The normalized spacial score (nSPS) is 25.1. The van der Waals surface area contributed by atoms with Crippen molar-refractivity contribution in [3.8, 4) is 0 Å². The monoisotopic (exact) mass is 357 g/mol. The van der Waals surface area contributed by atoms with Crippen LogP contribution in [-0.2, 0) is 4.74 Å². The van der Waals surface area contributed by atoms with Gasteiger partial charge in [0.05, 0.1) is 24.3 Å². The minimum absolute atomic E-state index is 0.235. The highest BCUT2D eigenvalue weighted by molar-refractivity contribution is 9.11. The molecule has 2 rings (SSSR count). The maximum atomic E-state index is 11.9. The number of hydrogen-bond donors (Lipinski definition) is 2. The Morgan fingerprint density at radius 1 is 1.67 bits per heavy atom. The van der Waals surface area contributed by atoms with Crippen molar-refractivity contribution < 1.29 is 9.84 Å². The van der Waals surface area contributed by atoms with E-state index in [0.29, 0.717) is 0 Å². The van der Waals surface area contributed by atoms with Gasteiger partial charge in [-0.3, -0.25) is 14.3 Å². The van der Waals surface area contributed by atoms with Crippen LogP contribution in [0.2, 0.25) is 0 Å². The van der Waals surface area contributed by atoms with E-state index in [-0.39, 0.29) is 18.6 Å². The molecule has 0 saturated carbocycles. The Kier molecular flexibility index (Phi) is 4.97. The first-order chi connectivity index (χ1) is 10.1. The van der Waals surface area contributed by atoms with Crippen molar-refractivity contribution in [2.24, 2.45) is 5.11 Å². The fraction of sp³-hybridized carbons (Fsp3) is 0.455. The summed E-state index contributed by atoms with van der Waals surface area (Å²) in [5.41, 5.74) is 7.61. The first kappa shape index (κ1) is 15.5. The van der Waals surface area contributed by atoms with E-state index < -0.39 is 29.6 Å². The second-order valence-corrected chi connectivity index (χ2v) is 4.89. The molecule has 112 valence electrons. The van der Waals surface area contributed by atoms with Gasteiger partial charge in [-0.05, 0) is 16.6 Å². The van der Waals surface area contributed by atoms with Crippen LogP contribution in [0.25, 0.3) is 16.5 Å². The summed E-state index contributed by atoms with van der Waals surface area (Å²) in [5.74, 6) is 0. The highest BCUT2D eigenvalue weighted by Gasteiger charge is 2.35. The topological polar surface area (TPSA) is 133 Å². The molecule has 0 aromatic carbocycles. The van der Waals surface area contributed by atoms with Crippen molar-refractivity contribution in [3.63, 3.8) is 0 Å². The molecule has 9 nitrogen and oxygen atoms in total. The van der Waals surface area contributed by atoms with Crippen molar-refractivity contribution in [2.45, 2.75) is 24.8 Å². The lowest BCUT2D eigenvalue weighted by Gasteiger charge is -2.14. The highest BCUT2D eigenvalue weighted by Crippen LogP contribution is 2.29. The second kappa shape index (κ2) is 6.72. The predicted octanol–water partition coefficient (Wildman–Crippen LogP) is 0.861. The molecule has 0 radical (unpaired) electrons. The maximum absolute atomic E-state index is 11.9. The van der Waals surface area contributed by atoms with Gasteiger partial charge in [-0.25, -0.2) is 4.79 Å². The molecule has 21 heavy (non-hydrogen) atoms. The Bertz CT molecular complexity index is 705. The minimum atomic E-state index is -0.718. The van der Waals surface area contributed by atoms with Crippen molar-refractivity contribution in [3.05, 3.63) is 48.0 Å². The predicted molar refractivity (Wildman–Crippen MR) is 77.8 cm³/mol. The Hall–Kier alpha value is -1.87. The molecule has 2 N–H and O–H groups in total. The second-order valence-electron chi connectivity index (χ2n) is 4.36. The molecule has 3 atom stereocenters. The van der Waals surface area contributed by atoms with E-state index in [4.69, 9.17) is 10.3 Å². The van der Waals surface area contributed by atoms with Crippen LogP contribution in [0.5, 0.6) is 0 Å². The summed E-state index contributed by atoms with van der Waals surface area (Å²) in [5, 5.41) is 12.8. The van der Waals surface area contributed by atoms with Gasteiger partial charge in [0.1, 0.15) is 6.23 Å². The maximum Gasteiger partial charge on any atom is 0.330 e. The summed E-state index contributed by atoms with van der Waals surface area (Å²) in [7, 11) is 0. The molecule has 1 aromatic rings. The van der Waals surface area contributed by atoms with Crippen molar-refractivity contribution in [1.82, 2.24) is 9.55 Å². The number of aromatic amines is 1. The molecule has 2 unspecified atom stereocenters. The molecule has 0 spiro atoms. The SMILES string of the molecule is [N-]=[N+]=NC1CC(n2cc(/C=C/Br)c(=O)[nH]c2=O)O[C@@H]1CO. The number of H-pyrrole nitrogens is 1. The van der Waals surface area contributed by atoms with Crippen LogP contribution in [0.15, 0.2) is 25.9 Å². The molecule has 1 aromatic heterocycles. The third kappa shape index (κ3) is 3.24. The number of hydrogen-bond acceptors (Lipinski definition) is 5. The van der Waals surface area contributed by atoms with Gasteiger partial charge in [0, 0.05) is 17.5 Å². The Morgan fingerprint density at radius 2 is 2.43 bits per heavy atom. The van der Waals surface area contributed by atoms with E-state index >= 15 is 0 Å². The number of ether oxygens (including phenoxy) is 1. The number of aromatic nitrogens is 2. The third-order valence-corrected chi connectivity index (χ3v) is 3.40. The van der Waals surface area contributed by atoms with Gasteiger partial charge in [0.25, 0.3) is 5.56 Å². The molecule has 0 aliphatic carbocycles. The van der Waals surface area contributed by atoms with E-state index in [1.165, 1.54) is 21.8 Å². The average Bonchev–Trinajstić information content (AvgIpc) is 2.85. The van der Waals surface area contributed by atoms with E-state index in [9.17, 15) is 14.7 Å². The van der Waals surface area contributed by atoms with Crippen molar-refractivity contribution in [1.29, 1.82) is 0 Å². The summed E-state index contributed by atoms with van der Waals surface area (Å²) in [6.45, 7) is -0.327. The standard InChI is InChI=1S/C11H12BrN5O4/c12-2-1-6-4-17(11(20)14-10(6)19)9-3-7(15-16-13)8(5-18)21-9/h1-2,4,7-9,18H,3,5H2,(H,14,19,20)/b2-1+/t7?,8-,9?/m1/s1. The number of aliphatic hydroxyl groups excluding tert-OH is 1. The van der Waals surface area contributed by atoms with E-state index in [1.807, 2.05) is 0 Å². The van der Waals surface area contributed by atoms with Gasteiger partial charge in [-0.2, -0.15) is 0 Å². The van der Waals surface area contributed by atoms with Crippen molar-refractivity contribution in [2.75, 3.05) is 6.61 Å². The largest absolute Gasteiger partial charge is 0.394 e. The molecule has 1 aliphatic heterocycles. The van der Waals surface area contributed by atoms with Gasteiger partial charge < -0.3 is 9.84 Å². The number of aliphatic hydroxyl groups is 1. The summed E-state index contributed by atoms with van der Waals surface area (Å²) >= 11 is 3.06. The van der Waals surface area contributed by atoms with E-state index in [2.05, 4.69) is 30.9 Å². The quantitative estimate of drug-likeness (QED) is 0.469. The number of nitrogens with one attached hydrogen (secondary N) is 1. The Labute approximate surface area is 126 Å². The molecule has 0 bridgehead atoms. The molecular formula is C11H12BrN5O4. The zero-order valence-corrected chi connectivity index (χ0v) is 12.3. The minimum Gasteiger partial charge on any atom is -0.394 e. The molecule has 10 heteroatoms. The zero-order valence-electron chi connectivity index (χ0n) is 10.7. The van der Waals surface area contributed by atoms with Crippen LogP contribution < -0.4 is 11.2 Å². The lowest BCUT2D eigenvalue weighted by Crippen LogP contribution is -2.33. The van der Waals surface area contributed by atoms with Crippen LogP contribution in [0, 0.1) is 0 Å². The van der Waals surface area contributed by atoms with Gasteiger partial charge >= 0.3 is 5.69 Å². The summed E-state index contributed by atoms with van der Waals surface area (Å²) in [6.07, 6.45) is 1.68. The van der Waals surface area contributed by atoms with Crippen molar-refractivity contribution >= 4 is 22.0 Å². The molecule has 0 amide bonds. The molecule has 1 aliphatic rings. The molecule has 1 fully saturated rings. The summed E-state index contributed by atoms with van der Waals surface area (Å²) < 4.78 is 6.71. The van der Waals surface area contributed by atoms with Crippen LogP contribution in [0.1, 0.15) is 18.2 Å².